The first-order valence-electron chi connectivity index (χ1n) is 9.71. The Morgan fingerprint density at radius 2 is 1.90 bits per heavy atom. The van der Waals surface area contributed by atoms with Gasteiger partial charge < -0.3 is 4.52 Å². The third-order valence-electron chi connectivity index (χ3n) is 5.11. The zero-order valence-electron chi connectivity index (χ0n) is 17.2. The van der Waals surface area contributed by atoms with Gasteiger partial charge in [-0.1, -0.05) is 23.4 Å². The van der Waals surface area contributed by atoms with Crippen LogP contribution in [0.2, 0.25) is 0 Å². The highest BCUT2D eigenvalue weighted by Gasteiger charge is 2.14. The zero-order chi connectivity index (χ0) is 21.5. The van der Waals surface area contributed by atoms with Crippen molar-refractivity contribution < 1.29 is 4.52 Å². The van der Waals surface area contributed by atoms with E-state index in [-0.39, 0.29) is 5.56 Å². The molecule has 5 aromatic rings. The van der Waals surface area contributed by atoms with Crippen molar-refractivity contribution >= 4 is 17.2 Å². The topological polar surface area (TPSA) is 96.0 Å². The maximum absolute atomic E-state index is 12.9. The monoisotopic (exact) mass is 413 g/mol. The first-order valence-corrected chi connectivity index (χ1v) is 9.71. The first kappa shape index (κ1) is 18.7. The number of para-hydroxylation sites is 1. The maximum atomic E-state index is 12.9. The molecule has 4 heterocycles. The number of aromatic nitrogens is 6. The van der Waals surface area contributed by atoms with E-state index in [4.69, 9.17) is 4.52 Å². The molecule has 4 aromatic heterocycles. The van der Waals surface area contributed by atoms with Crippen LogP contribution in [0.3, 0.4) is 0 Å². The molecule has 9 nitrogen and oxygen atoms in total. The van der Waals surface area contributed by atoms with E-state index < -0.39 is 0 Å². The van der Waals surface area contributed by atoms with Crippen LogP contribution in [0, 0.1) is 20.8 Å². The minimum absolute atomic E-state index is 0.288. The number of nitrogens with zero attached hydrogens (tertiary/aromatic N) is 7. The van der Waals surface area contributed by atoms with Crippen molar-refractivity contribution in [2.45, 2.75) is 20.8 Å². The van der Waals surface area contributed by atoms with Gasteiger partial charge >= 0.3 is 0 Å². The summed E-state index contributed by atoms with van der Waals surface area (Å²) < 4.78 is 10.0. The fraction of sp³-hybridized carbons (Fsp3) is 0.136. The molecule has 0 radical (unpaired) electrons. The van der Waals surface area contributed by atoms with E-state index in [2.05, 4.69) is 20.3 Å². The zero-order valence-corrected chi connectivity index (χ0v) is 17.2. The molecule has 0 aliphatic rings. The molecule has 0 atom stereocenters. The van der Waals surface area contributed by atoms with Crippen molar-refractivity contribution in [2.75, 3.05) is 0 Å². The van der Waals surface area contributed by atoms with Crippen LogP contribution in [0.4, 0.5) is 0 Å². The number of aryl methyl sites for hydroxylation is 2. The fourth-order valence-corrected chi connectivity index (χ4v) is 3.60. The van der Waals surface area contributed by atoms with Gasteiger partial charge in [-0.15, -0.1) is 0 Å². The molecule has 0 fully saturated rings. The Morgan fingerprint density at radius 3 is 2.65 bits per heavy atom. The largest absolute Gasteiger partial charge is 0.360 e. The molecule has 9 heteroatoms. The van der Waals surface area contributed by atoms with E-state index in [0.717, 1.165) is 28.4 Å². The van der Waals surface area contributed by atoms with Gasteiger partial charge in [-0.05, 0) is 39.0 Å². The van der Waals surface area contributed by atoms with Gasteiger partial charge in [0.15, 0.2) is 11.5 Å². The van der Waals surface area contributed by atoms with Crippen molar-refractivity contribution in [1.29, 1.82) is 0 Å². The lowest BCUT2D eigenvalue weighted by molar-refractivity contribution is 0.394. The average molecular weight is 413 g/mol. The summed E-state index contributed by atoms with van der Waals surface area (Å²) in [6.45, 7) is 5.79. The third kappa shape index (κ3) is 3.16. The van der Waals surface area contributed by atoms with Crippen LogP contribution in [-0.2, 0) is 0 Å². The molecule has 0 amide bonds. The molecule has 0 unspecified atom stereocenters. The van der Waals surface area contributed by atoms with Crippen molar-refractivity contribution in [2.24, 2.45) is 5.10 Å². The molecular formula is C22H19N7O2. The Balaban J connectivity index is 1.52. The Kier molecular flexibility index (Phi) is 4.36. The van der Waals surface area contributed by atoms with Crippen LogP contribution in [0.15, 0.2) is 69.4 Å². The molecule has 0 saturated carbocycles. The van der Waals surface area contributed by atoms with Gasteiger partial charge in [0.2, 0.25) is 0 Å². The Hall–Kier alpha value is -4.27. The molecule has 154 valence electrons. The molecule has 0 spiro atoms. The summed E-state index contributed by atoms with van der Waals surface area (Å²) >= 11 is 0. The number of hydrogen-bond acceptors (Lipinski definition) is 6. The molecule has 31 heavy (non-hydrogen) atoms. The van der Waals surface area contributed by atoms with Gasteiger partial charge in [0, 0.05) is 23.0 Å². The summed E-state index contributed by atoms with van der Waals surface area (Å²) in [4.78, 5) is 17.3. The lowest BCUT2D eigenvalue weighted by Crippen LogP contribution is -2.17. The summed E-state index contributed by atoms with van der Waals surface area (Å²) in [5, 5.41) is 13.1. The van der Waals surface area contributed by atoms with E-state index in [1.165, 1.54) is 17.2 Å². The molecule has 0 N–H and O–H groups in total. The fourth-order valence-electron chi connectivity index (χ4n) is 3.60. The summed E-state index contributed by atoms with van der Waals surface area (Å²) in [7, 11) is 0. The summed E-state index contributed by atoms with van der Waals surface area (Å²) in [6.07, 6.45) is 4.56. The highest BCUT2D eigenvalue weighted by Crippen LogP contribution is 2.19. The third-order valence-corrected chi connectivity index (χ3v) is 5.11. The van der Waals surface area contributed by atoms with Gasteiger partial charge in [0.05, 0.1) is 18.1 Å². The van der Waals surface area contributed by atoms with Crippen molar-refractivity contribution in [3.05, 3.63) is 88.1 Å². The lowest BCUT2D eigenvalue weighted by atomic mass is 10.3. The molecule has 0 aliphatic carbocycles. The van der Waals surface area contributed by atoms with Crippen LogP contribution >= 0.6 is 0 Å². The average Bonchev–Trinajstić information content (AvgIpc) is 3.46. The molecule has 0 saturated heterocycles. The minimum atomic E-state index is -0.288. The number of benzene rings is 1. The number of fused-ring (bicyclic) bond motifs is 1. The molecule has 0 bridgehead atoms. The Morgan fingerprint density at radius 1 is 1.10 bits per heavy atom. The normalized spacial score (nSPS) is 11.7. The summed E-state index contributed by atoms with van der Waals surface area (Å²) in [6, 6.07) is 13.4. The van der Waals surface area contributed by atoms with Crippen LogP contribution in [0.1, 0.15) is 22.7 Å². The number of hydrogen-bond donors (Lipinski definition) is 0. The van der Waals surface area contributed by atoms with Gasteiger partial charge in [-0.2, -0.15) is 14.9 Å². The quantitative estimate of drug-likeness (QED) is 0.422. The minimum Gasteiger partial charge on any atom is -0.360 e. The van der Waals surface area contributed by atoms with Crippen molar-refractivity contribution in [3.63, 3.8) is 0 Å². The van der Waals surface area contributed by atoms with Crippen LogP contribution < -0.4 is 5.56 Å². The predicted molar refractivity (Wildman–Crippen MR) is 116 cm³/mol. The summed E-state index contributed by atoms with van der Waals surface area (Å²) in [5.74, 6) is 1.44. The van der Waals surface area contributed by atoms with Crippen LogP contribution in [0.5, 0.6) is 0 Å². The second-order valence-electron chi connectivity index (χ2n) is 7.23. The Labute approximate surface area is 176 Å². The van der Waals surface area contributed by atoms with Crippen LogP contribution in [0.25, 0.3) is 22.5 Å². The van der Waals surface area contributed by atoms with E-state index >= 15 is 0 Å². The highest BCUT2D eigenvalue weighted by atomic mass is 16.5. The van der Waals surface area contributed by atoms with E-state index in [1.54, 1.807) is 10.9 Å². The standard InChI is InChI=1S/C22H19N7O2/c1-14-9-17(16(3)28(14)20-10-15(2)31-26-20)11-24-27-13-23-21-19(22(27)30)12-25-29(21)18-7-5-4-6-8-18/h4-13H,1-3H3/b24-11-. The maximum Gasteiger partial charge on any atom is 0.285 e. The second-order valence-corrected chi connectivity index (χ2v) is 7.23. The second kappa shape index (κ2) is 7.21. The molecular weight excluding hydrogens is 394 g/mol. The summed E-state index contributed by atoms with van der Waals surface area (Å²) in [5.41, 5.74) is 3.82. The van der Waals surface area contributed by atoms with Crippen LogP contribution in [-0.4, -0.2) is 35.4 Å². The molecule has 0 aliphatic heterocycles. The lowest BCUT2D eigenvalue weighted by Gasteiger charge is -2.04. The molecule has 5 rings (SSSR count). The van der Waals surface area contributed by atoms with Gasteiger partial charge in [-0.25, -0.2) is 9.67 Å². The predicted octanol–water partition coefficient (Wildman–Crippen LogP) is 3.17. The van der Waals surface area contributed by atoms with E-state index in [9.17, 15) is 4.79 Å². The highest BCUT2D eigenvalue weighted by molar-refractivity contribution is 5.82. The van der Waals surface area contributed by atoms with Gasteiger partial charge in [-0.3, -0.25) is 9.36 Å². The SMILES string of the molecule is Cc1cc(-n2c(C)cc(/C=N\n3cnc4c(cnn4-c4ccccc4)c3=O)c2C)no1. The van der Waals surface area contributed by atoms with Crippen molar-refractivity contribution in [3.8, 4) is 11.5 Å². The Bertz CT molecular complexity index is 1490. The van der Waals surface area contributed by atoms with Gasteiger partial charge in [0.25, 0.3) is 5.56 Å². The van der Waals surface area contributed by atoms with Crippen molar-refractivity contribution in [1.82, 2.24) is 29.2 Å². The smallest absolute Gasteiger partial charge is 0.285 e. The number of rotatable bonds is 4. The van der Waals surface area contributed by atoms with E-state index in [0.29, 0.717) is 16.9 Å². The molecule has 1 aromatic carbocycles. The van der Waals surface area contributed by atoms with Gasteiger partial charge in [0.1, 0.15) is 17.5 Å². The van der Waals surface area contributed by atoms with E-state index in [1.807, 2.05) is 67.8 Å². The first-order chi connectivity index (χ1) is 15.0.